The monoisotopic (exact) mass is 307 g/mol. The lowest BCUT2D eigenvalue weighted by Gasteiger charge is -2.29. The Morgan fingerprint density at radius 3 is 2.27 bits per heavy atom. The summed E-state index contributed by atoms with van der Waals surface area (Å²) in [4.78, 5) is 14.8. The van der Waals surface area contributed by atoms with E-state index >= 15 is 0 Å². The van der Waals surface area contributed by atoms with Crippen LogP contribution in [0, 0.1) is 5.92 Å². The smallest absolute Gasteiger partial charge is 0.204 e. The first kappa shape index (κ1) is 16.6. The molecule has 1 fully saturated rings. The van der Waals surface area contributed by atoms with Crippen molar-refractivity contribution in [2.75, 3.05) is 41.0 Å². The second-order valence-corrected chi connectivity index (χ2v) is 5.76. The predicted molar refractivity (Wildman–Crippen MR) is 85.3 cm³/mol. The van der Waals surface area contributed by atoms with Crippen LogP contribution >= 0.6 is 0 Å². The van der Waals surface area contributed by atoms with Gasteiger partial charge in [-0.1, -0.05) is 6.92 Å². The highest BCUT2D eigenvalue weighted by atomic mass is 16.5. The van der Waals surface area contributed by atoms with E-state index in [0.717, 1.165) is 31.8 Å². The Hall–Kier alpha value is -1.75. The number of likely N-dealkylation sites (tertiary alicyclic amines) is 1. The minimum Gasteiger partial charge on any atom is -0.493 e. The number of piperidine rings is 1. The van der Waals surface area contributed by atoms with E-state index in [1.54, 1.807) is 26.4 Å². The SMILES string of the molecule is COc1ccc(C(=O)CN2CCC(C)CC2)c(OC)c1OC. The van der Waals surface area contributed by atoms with Crippen molar-refractivity contribution < 1.29 is 19.0 Å². The van der Waals surface area contributed by atoms with E-state index in [2.05, 4.69) is 11.8 Å². The van der Waals surface area contributed by atoms with Gasteiger partial charge < -0.3 is 14.2 Å². The summed E-state index contributed by atoms with van der Waals surface area (Å²) in [7, 11) is 4.64. The van der Waals surface area contributed by atoms with Crippen LogP contribution in [0.2, 0.25) is 0 Å². The van der Waals surface area contributed by atoms with Crippen molar-refractivity contribution in [3.8, 4) is 17.2 Å². The number of methoxy groups -OCH3 is 3. The Kier molecular flexibility index (Phi) is 5.66. The van der Waals surface area contributed by atoms with Gasteiger partial charge in [-0.05, 0) is 44.0 Å². The number of rotatable bonds is 6. The third kappa shape index (κ3) is 3.53. The maximum atomic E-state index is 12.6. The first-order valence-electron chi connectivity index (χ1n) is 7.65. The van der Waals surface area contributed by atoms with Gasteiger partial charge in [-0.25, -0.2) is 0 Å². The van der Waals surface area contributed by atoms with Gasteiger partial charge in [-0.15, -0.1) is 0 Å². The van der Waals surface area contributed by atoms with Gasteiger partial charge in [0.2, 0.25) is 5.75 Å². The molecule has 5 heteroatoms. The average molecular weight is 307 g/mol. The molecular formula is C17H25NO4. The van der Waals surface area contributed by atoms with Crippen molar-refractivity contribution in [3.05, 3.63) is 17.7 Å². The van der Waals surface area contributed by atoms with Gasteiger partial charge in [0.1, 0.15) is 0 Å². The molecule has 22 heavy (non-hydrogen) atoms. The lowest BCUT2D eigenvalue weighted by atomic mass is 9.98. The van der Waals surface area contributed by atoms with Crippen LogP contribution in [0.1, 0.15) is 30.1 Å². The molecular weight excluding hydrogens is 282 g/mol. The van der Waals surface area contributed by atoms with Crippen LogP contribution in [0.5, 0.6) is 17.2 Å². The number of hydrogen-bond acceptors (Lipinski definition) is 5. The van der Waals surface area contributed by atoms with Crippen LogP contribution in [0.3, 0.4) is 0 Å². The summed E-state index contributed by atoms with van der Waals surface area (Å²) in [5.74, 6) is 2.26. The summed E-state index contributed by atoms with van der Waals surface area (Å²) in [5, 5.41) is 0. The second-order valence-electron chi connectivity index (χ2n) is 5.76. The summed E-state index contributed by atoms with van der Waals surface area (Å²) < 4.78 is 16.0. The second kappa shape index (κ2) is 7.49. The molecule has 0 atom stereocenters. The lowest BCUT2D eigenvalue weighted by Crippen LogP contribution is -2.36. The standard InChI is InChI=1S/C17H25NO4/c1-12-7-9-18(10-8-12)11-14(19)13-5-6-15(20-2)17(22-4)16(13)21-3/h5-6,12H,7-11H2,1-4H3. The molecule has 0 N–H and O–H groups in total. The fourth-order valence-electron chi connectivity index (χ4n) is 2.83. The van der Waals surface area contributed by atoms with Crippen LogP contribution in [0.25, 0.3) is 0 Å². The highest BCUT2D eigenvalue weighted by Crippen LogP contribution is 2.40. The van der Waals surface area contributed by atoms with Gasteiger partial charge >= 0.3 is 0 Å². The molecule has 5 nitrogen and oxygen atoms in total. The highest BCUT2D eigenvalue weighted by molar-refractivity contribution is 6.01. The molecule has 0 spiro atoms. The summed E-state index contributed by atoms with van der Waals surface area (Å²) in [5.41, 5.74) is 0.541. The molecule has 0 saturated carbocycles. The maximum absolute atomic E-state index is 12.6. The zero-order valence-corrected chi connectivity index (χ0v) is 13.8. The molecule has 0 amide bonds. The molecule has 122 valence electrons. The topological polar surface area (TPSA) is 48.0 Å². The number of Topliss-reactive ketones (excluding diaryl/α,β-unsaturated/α-hetero) is 1. The molecule has 0 unspecified atom stereocenters. The van der Waals surface area contributed by atoms with Crippen LogP contribution in [0.4, 0.5) is 0 Å². The van der Waals surface area contributed by atoms with E-state index < -0.39 is 0 Å². The van der Waals surface area contributed by atoms with Gasteiger partial charge in [-0.3, -0.25) is 9.69 Å². The molecule has 1 aliphatic rings. The number of carbonyl (C=O) groups excluding carboxylic acids is 1. The number of nitrogens with zero attached hydrogens (tertiary/aromatic N) is 1. The van der Waals surface area contributed by atoms with E-state index in [1.807, 2.05) is 0 Å². The highest BCUT2D eigenvalue weighted by Gasteiger charge is 2.23. The zero-order chi connectivity index (χ0) is 16.1. The third-order valence-electron chi connectivity index (χ3n) is 4.25. The first-order chi connectivity index (χ1) is 10.6. The minimum atomic E-state index is 0.0485. The third-order valence-corrected chi connectivity index (χ3v) is 4.25. The van der Waals surface area contributed by atoms with E-state index in [4.69, 9.17) is 14.2 Å². The van der Waals surface area contributed by atoms with E-state index in [-0.39, 0.29) is 5.78 Å². The molecule has 1 aliphatic heterocycles. The number of benzene rings is 1. The normalized spacial score (nSPS) is 16.4. The van der Waals surface area contributed by atoms with E-state index in [0.29, 0.717) is 29.4 Å². The van der Waals surface area contributed by atoms with Gasteiger partial charge in [0.05, 0.1) is 33.4 Å². The number of ketones is 1. The number of hydrogen-bond donors (Lipinski definition) is 0. The van der Waals surface area contributed by atoms with E-state index in [9.17, 15) is 4.79 Å². The number of ether oxygens (including phenoxy) is 3. The Bertz CT molecular complexity index is 522. The maximum Gasteiger partial charge on any atom is 0.204 e. The van der Waals surface area contributed by atoms with Crippen molar-refractivity contribution >= 4 is 5.78 Å². The fourth-order valence-corrected chi connectivity index (χ4v) is 2.83. The van der Waals surface area contributed by atoms with Gasteiger partial charge in [0, 0.05) is 0 Å². The van der Waals surface area contributed by atoms with Gasteiger partial charge in [0.25, 0.3) is 0 Å². The summed E-state index contributed by atoms with van der Waals surface area (Å²) in [6, 6.07) is 3.49. The largest absolute Gasteiger partial charge is 0.493 e. The molecule has 0 radical (unpaired) electrons. The Morgan fingerprint density at radius 1 is 1.09 bits per heavy atom. The Labute approximate surface area is 132 Å². The van der Waals surface area contributed by atoms with Crippen LogP contribution in [-0.4, -0.2) is 51.6 Å². The van der Waals surface area contributed by atoms with Crippen molar-refractivity contribution in [1.82, 2.24) is 4.90 Å². The Balaban J connectivity index is 2.18. The predicted octanol–water partition coefficient (Wildman–Crippen LogP) is 2.63. The average Bonchev–Trinajstić information content (AvgIpc) is 2.55. The minimum absolute atomic E-state index is 0.0485. The lowest BCUT2D eigenvalue weighted by molar-refractivity contribution is 0.0896. The van der Waals surface area contributed by atoms with Crippen molar-refractivity contribution in [3.63, 3.8) is 0 Å². The molecule has 1 heterocycles. The molecule has 0 aromatic heterocycles. The van der Waals surface area contributed by atoms with Gasteiger partial charge in [0.15, 0.2) is 17.3 Å². The number of carbonyl (C=O) groups is 1. The molecule has 1 saturated heterocycles. The van der Waals surface area contributed by atoms with Crippen LogP contribution in [-0.2, 0) is 0 Å². The molecule has 1 aromatic carbocycles. The molecule has 2 rings (SSSR count). The van der Waals surface area contributed by atoms with E-state index in [1.165, 1.54) is 7.11 Å². The van der Waals surface area contributed by atoms with Gasteiger partial charge in [-0.2, -0.15) is 0 Å². The van der Waals surface area contributed by atoms with Crippen molar-refractivity contribution in [2.45, 2.75) is 19.8 Å². The first-order valence-corrected chi connectivity index (χ1v) is 7.65. The summed E-state index contributed by atoms with van der Waals surface area (Å²) in [6.07, 6.45) is 2.30. The molecule has 0 aliphatic carbocycles. The quantitative estimate of drug-likeness (QED) is 0.756. The Morgan fingerprint density at radius 2 is 1.73 bits per heavy atom. The zero-order valence-electron chi connectivity index (χ0n) is 13.8. The molecule has 1 aromatic rings. The summed E-state index contributed by atoms with van der Waals surface area (Å²) >= 11 is 0. The molecule has 0 bridgehead atoms. The van der Waals surface area contributed by atoms with Crippen molar-refractivity contribution in [1.29, 1.82) is 0 Å². The summed E-state index contributed by atoms with van der Waals surface area (Å²) in [6.45, 7) is 4.63. The van der Waals surface area contributed by atoms with Crippen LogP contribution in [0.15, 0.2) is 12.1 Å². The van der Waals surface area contributed by atoms with Crippen LogP contribution < -0.4 is 14.2 Å². The van der Waals surface area contributed by atoms with Crippen molar-refractivity contribution in [2.24, 2.45) is 5.92 Å². The fraction of sp³-hybridized carbons (Fsp3) is 0.588.